The van der Waals surface area contributed by atoms with Gasteiger partial charge >= 0.3 is 6.03 Å². The molecule has 2 amide bonds. The third-order valence-corrected chi connectivity index (χ3v) is 4.88. The number of halogens is 1. The summed E-state index contributed by atoms with van der Waals surface area (Å²) in [4.78, 5) is 14.7. The molecule has 0 unspecified atom stereocenters. The topological polar surface area (TPSA) is 32.3 Å². The molecule has 4 heteroatoms. The number of carbonyl (C=O) groups is 1. The van der Waals surface area contributed by atoms with E-state index >= 15 is 0 Å². The van der Waals surface area contributed by atoms with Crippen molar-refractivity contribution in [2.45, 2.75) is 19.6 Å². The molecule has 0 fully saturated rings. The van der Waals surface area contributed by atoms with Crippen molar-refractivity contribution in [2.75, 3.05) is 0 Å². The molecular formula is C22H21BrN2O. The Morgan fingerprint density at radius 2 is 1.27 bits per heavy atom. The van der Waals surface area contributed by atoms with Crippen LogP contribution in [0.3, 0.4) is 0 Å². The van der Waals surface area contributed by atoms with Crippen molar-refractivity contribution in [3.8, 4) is 0 Å². The van der Waals surface area contributed by atoms with Gasteiger partial charge < -0.3 is 10.2 Å². The number of nitrogens with one attached hydrogen (secondary N) is 1. The molecule has 0 saturated carbocycles. The van der Waals surface area contributed by atoms with E-state index in [2.05, 4.69) is 21.2 Å². The van der Waals surface area contributed by atoms with Crippen molar-refractivity contribution in [2.24, 2.45) is 0 Å². The van der Waals surface area contributed by atoms with Gasteiger partial charge in [-0.25, -0.2) is 4.79 Å². The van der Waals surface area contributed by atoms with E-state index in [1.807, 2.05) is 89.8 Å². The fourth-order valence-electron chi connectivity index (χ4n) is 2.73. The normalized spacial score (nSPS) is 10.3. The largest absolute Gasteiger partial charge is 0.334 e. The minimum atomic E-state index is -0.0755. The molecule has 0 aliphatic heterocycles. The maximum absolute atomic E-state index is 12.8. The summed E-state index contributed by atoms with van der Waals surface area (Å²) in [7, 11) is 0. The van der Waals surface area contributed by atoms with Crippen molar-refractivity contribution < 1.29 is 4.79 Å². The standard InChI is InChI=1S/C22H21BrN2O/c23-21-14-8-7-13-20(21)15-24-22(26)25(16-18-9-3-1-4-10-18)17-19-11-5-2-6-12-19/h1-14H,15-17H2,(H,24,26). The number of nitrogens with zero attached hydrogens (tertiary/aromatic N) is 1. The van der Waals surface area contributed by atoms with Gasteiger partial charge in [0.15, 0.2) is 0 Å². The quantitative estimate of drug-likeness (QED) is 0.584. The smallest absolute Gasteiger partial charge is 0.318 e. The first-order chi connectivity index (χ1) is 12.7. The third kappa shape index (κ3) is 5.20. The number of hydrogen-bond acceptors (Lipinski definition) is 1. The van der Waals surface area contributed by atoms with E-state index in [-0.39, 0.29) is 6.03 Å². The predicted molar refractivity (Wildman–Crippen MR) is 109 cm³/mol. The molecular weight excluding hydrogens is 388 g/mol. The number of benzene rings is 3. The lowest BCUT2D eigenvalue weighted by atomic mass is 10.2. The number of rotatable bonds is 6. The Bertz CT molecular complexity index is 796. The van der Waals surface area contributed by atoms with Crippen LogP contribution in [0.25, 0.3) is 0 Å². The van der Waals surface area contributed by atoms with E-state index in [4.69, 9.17) is 0 Å². The van der Waals surface area contributed by atoms with E-state index < -0.39 is 0 Å². The molecule has 0 bridgehead atoms. The summed E-state index contributed by atoms with van der Waals surface area (Å²) in [5.74, 6) is 0. The SMILES string of the molecule is O=C(NCc1ccccc1Br)N(Cc1ccccc1)Cc1ccccc1. The molecule has 0 aliphatic rings. The Hall–Kier alpha value is -2.59. The van der Waals surface area contributed by atoms with Crippen molar-refractivity contribution in [3.63, 3.8) is 0 Å². The monoisotopic (exact) mass is 408 g/mol. The second-order valence-corrected chi connectivity index (χ2v) is 6.93. The van der Waals surface area contributed by atoms with Crippen molar-refractivity contribution in [1.82, 2.24) is 10.2 Å². The lowest BCUT2D eigenvalue weighted by Gasteiger charge is -2.23. The van der Waals surface area contributed by atoms with Gasteiger partial charge in [0.25, 0.3) is 0 Å². The summed E-state index contributed by atoms with van der Waals surface area (Å²) in [6.07, 6.45) is 0. The van der Waals surface area contributed by atoms with Crippen LogP contribution in [0.15, 0.2) is 89.4 Å². The van der Waals surface area contributed by atoms with Gasteiger partial charge in [-0.15, -0.1) is 0 Å². The fraction of sp³-hybridized carbons (Fsp3) is 0.136. The van der Waals surface area contributed by atoms with Crippen LogP contribution in [0.5, 0.6) is 0 Å². The second kappa shape index (κ2) is 9.20. The molecule has 132 valence electrons. The van der Waals surface area contributed by atoms with Crippen LogP contribution in [0.2, 0.25) is 0 Å². The molecule has 0 aliphatic carbocycles. The van der Waals surface area contributed by atoms with Crippen LogP contribution >= 0.6 is 15.9 Å². The van der Waals surface area contributed by atoms with Gasteiger partial charge in [0.1, 0.15) is 0 Å². The van der Waals surface area contributed by atoms with Gasteiger partial charge in [-0.2, -0.15) is 0 Å². The summed E-state index contributed by atoms with van der Waals surface area (Å²) in [6.45, 7) is 1.62. The molecule has 3 aromatic rings. The molecule has 1 N–H and O–H groups in total. The lowest BCUT2D eigenvalue weighted by Crippen LogP contribution is -2.38. The molecule has 0 saturated heterocycles. The van der Waals surface area contributed by atoms with Crippen molar-refractivity contribution >= 4 is 22.0 Å². The van der Waals surface area contributed by atoms with Crippen LogP contribution in [0.1, 0.15) is 16.7 Å². The predicted octanol–water partition coefficient (Wildman–Crippen LogP) is 5.36. The molecule has 3 rings (SSSR count). The van der Waals surface area contributed by atoms with E-state index in [0.29, 0.717) is 19.6 Å². The maximum atomic E-state index is 12.8. The highest BCUT2D eigenvalue weighted by Crippen LogP contribution is 2.16. The van der Waals surface area contributed by atoms with Gasteiger partial charge in [0, 0.05) is 24.1 Å². The highest BCUT2D eigenvalue weighted by molar-refractivity contribution is 9.10. The van der Waals surface area contributed by atoms with Crippen LogP contribution in [-0.4, -0.2) is 10.9 Å². The molecule has 0 spiro atoms. The van der Waals surface area contributed by atoms with Gasteiger partial charge in [0.2, 0.25) is 0 Å². The van der Waals surface area contributed by atoms with Crippen LogP contribution in [0.4, 0.5) is 4.79 Å². The lowest BCUT2D eigenvalue weighted by molar-refractivity contribution is 0.192. The highest BCUT2D eigenvalue weighted by Gasteiger charge is 2.14. The van der Waals surface area contributed by atoms with Gasteiger partial charge in [-0.1, -0.05) is 94.8 Å². The first-order valence-corrected chi connectivity index (χ1v) is 9.36. The summed E-state index contributed by atoms with van der Waals surface area (Å²) >= 11 is 3.53. The summed E-state index contributed by atoms with van der Waals surface area (Å²) < 4.78 is 0.998. The number of carbonyl (C=O) groups excluding carboxylic acids is 1. The zero-order chi connectivity index (χ0) is 18.2. The van der Waals surface area contributed by atoms with Crippen LogP contribution < -0.4 is 5.32 Å². The molecule has 26 heavy (non-hydrogen) atoms. The number of amides is 2. The zero-order valence-corrected chi connectivity index (χ0v) is 16.0. The summed E-state index contributed by atoms with van der Waals surface area (Å²) in [5.41, 5.74) is 3.28. The van der Waals surface area contributed by atoms with E-state index in [9.17, 15) is 4.79 Å². The summed E-state index contributed by atoms with van der Waals surface area (Å²) in [6, 6.07) is 28.0. The average Bonchev–Trinajstić information content (AvgIpc) is 2.68. The fourth-order valence-corrected chi connectivity index (χ4v) is 3.16. The zero-order valence-electron chi connectivity index (χ0n) is 14.4. The van der Waals surface area contributed by atoms with Gasteiger partial charge in [-0.3, -0.25) is 0 Å². The Balaban J connectivity index is 1.71. The van der Waals surface area contributed by atoms with Crippen molar-refractivity contribution in [3.05, 3.63) is 106 Å². The van der Waals surface area contributed by atoms with Crippen LogP contribution in [-0.2, 0) is 19.6 Å². The Kier molecular flexibility index (Phi) is 6.45. The van der Waals surface area contributed by atoms with Gasteiger partial charge in [-0.05, 0) is 22.8 Å². The number of hydrogen-bond donors (Lipinski definition) is 1. The molecule has 0 heterocycles. The molecule has 0 aromatic heterocycles. The Morgan fingerprint density at radius 1 is 0.769 bits per heavy atom. The molecule has 3 aromatic carbocycles. The first-order valence-electron chi connectivity index (χ1n) is 8.56. The average molecular weight is 409 g/mol. The minimum absolute atomic E-state index is 0.0755. The molecule has 3 nitrogen and oxygen atoms in total. The Labute approximate surface area is 162 Å². The summed E-state index contributed by atoms with van der Waals surface area (Å²) in [5, 5.41) is 3.04. The van der Waals surface area contributed by atoms with E-state index in [1.165, 1.54) is 0 Å². The van der Waals surface area contributed by atoms with Crippen molar-refractivity contribution in [1.29, 1.82) is 0 Å². The second-order valence-electron chi connectivity index (χ2n) is 6.08. The van der Waals surface area contributed by atoms with Crippen LogP contribution in [0, 0.1) is 0 Å². The van der Waals surface area contributed by atoms with Gasteiger partial charge in [0.05, 0.1) is 0 Å². The maximum Gasteiger partial charge on any atom is 0.318 e. The first kappa shape index (κ1) is 18.2. The number of urea groups is 1. The van der Waals surface area contributed by atoms with E-state index in [1.54, 1.807) is 0 Å². The molecule has 0 radical (unpaired) electrons. The minimum Gasteiger partial charge on any atom is -0.334 e. The van der Waals surface area contributed by atoms with E-state index in [0.717, 1.165) is 21.2 Å². The third-order valence-electron chi connectivity index (χ3n) is 4.11. The molecule has 0 atom stereocenters. The Morgan fingerprint density at radius 3 is 1.81 bits per heavy atom. The highest BCUT2D eigenvalue weighted by atomic mass is 79.9.